The number of rotatable bonds is 51. The molecule has 135 heavy (non-hydrogen) atoms. The van der Waals surface area contributed by atoms with Gasteiger partial charge in [0.2, 0.25) is 82.7 Å². The summed E-state index contributed by atoms with van der Waals surface area (Å²) in [6.45, 7) is 3.40. The van der Waals surface area contributed by atoms with Crippen molar-refractivity contribution >= 4 is 123 Å². The van der Waals surface area contributed by atoms with Crippen molar-refractivity contribution in [2.24, 2.45) is 11.7 Å². The second-order valence-corrected chi connectivity index (χ2v) is 34.7. The number of carbonyl (C=O) groups is 17. The number of phenols is 1. The number of hydrogen-bond donors (Lipinski definition) is 17. The number of halogens is 3. The van der Waals surface area contributed by atoms with E-state index in [1.807, 2.05) is 24.3 Å². The number of primary amides is 1. The van der Waals surface area contributed by atoms with Crippen LogP contribution in [0.2, 0.25) is 0 Å². The van der Waals surface area contributed by atoms with Gasteiger partial charge in [0.25, 0.3) is 0 Å². The van der Waals surface area contributed by atoms with Gasteiger partial charge in [-0.1, -0.05) is 125 Å². The largest absolute Gasteiger partial charge is 0.508 e. The maximum Gasteiger partial charge on any atom is 0.305 e. The molecule has 14 atom stereocenters. The van der Waals surface area contributed by atoms with Crippen LogP contribution in [0.3, 0.4) is 0 Å². The van der Waals surface area contributed by atoms with Crippen LogP contribution in [-0.2, 0) is 114 Å². The van der Waals surface area contributed by atoms with Crippen LogP contribution in [0.1, 0.15) is 113 Å². The van der Waals surface area contributed by atoms with Crippen molar-refractivity contribution in [2.45, 2.75) is 202 Å². The normalized spacial score (nSPS) is 16.5. The second-order valence-electron chi connectivity index (χ2n) is 33.7. The molecule has 39 nitrogen and oxygen atoms in total. The Balaban J connectivity index is 1.01. The van der Waals surface area contributed by atoms with Crippen LogP contribution in [0.5, 0.6) is 5.75 Å². The molecular formula is C92H117F3N16O23S. The Hall–Kier alpha value is -13.6. The number of para-hydroxylation sites is 1. The number of aromatic nitrogens is 1. The first-order valence-electron chi connectivity index (χ1n) is 43.9. The van der Waals surface area contributed by atoms with E-state index >= 15 is 23.2 Å². The predicted octanol–water partition coefficient (Wildman–Crippen LogP) is 0.207. The maximum atomic E-state index is 15.7. The number of nitrogens with two attached hydrogens (primary N) is 1. The number of β-amino-alcohol motifs (C(OH)–C–C–N with tert-alkyl or cyclic N) is 2. The number of hydrogen-bond acceptors (Lipinski definition) is 22. The van der Waals surface area contributed by atoms with E-state index in [9.17, 15) is 102 Å². The van der Waals surface area contributed by atoms with Crippen LogP contribution in [-0.4, -0.2) is 311 Å². The summed E-state index contributed by atoms with van der Waals surface area (Å²) in [6.07, 6.45) is -5.46. The summed E-state index contributed by atoms with van der Waals surface area (Å²) in [5.41, 5.74) is 7.81. The third-order valence-electron chi connectivity index (χ3n) is 23.3. The third-order valence-corrected chi connectivity index (χ3v) is 24.3. The molecule has 2 aliphatic heterocycles. The molecule has 3 heterocycles. The summed E-state index contributed by atoms with van der Waals surface area (Å²) in [4.78, 5) is 248. The number of aromatic amines is 1. The zero-order valence-corrected chi connectivity index (χ0v) is 76.4. The number of unbranched alkanes of at least 4 members (excludes halogenated alkanes) is 1. The van der Waals surface area contributed by atoms with E-state index in [4.69, 9.17) is 5.73 Å². The number of aliphatic hydroxyl groups excluding tert-OH is 2. The number of aliphatic carboxylic acids is 3. The highest BCUT2D eigenvalue weighted by molar-refractivity contribution is 8.00. The zero-order chi connectivity index (χ0) is 99.2. The number of carboxylic acids is 3. The maximum absolute atomic E-state index is 15.7. The number of phenolic OH excluding ortho intramolecular Hbond substituents is 1. The molecule has 2 fully saturated rings. The summed E-state index contributed by atoms with van der Waals surface area (Å²) in [6, 6.07) is 10.8. The molecule has 43 heteroatoms. The highest BCUT2D eigenvalue weighted by Gasteiger charge is 2.47. The molecule has 0 radical (unpaired) electrons. The first-order valence-corrected chi connectivity index (χ1v) is 45.1. The Morgan fingerprint density at radius 1 is 0.533 bits per heavy atom. The molecule has 2 saturated heterocycles. The lowest BCUT2D eigenvalue weighted by Crippen LogP contribution is -2.61. The molecule has 0 aliphatic carbocycles. The minimum absolute atomic E-state index is 0.0861. The Labute approximate surface area is 780 Å². The fourth-order valence-electron chi connectivity index (χ4n) is 15.8. The number of fused-ring (bicyclic) bond motifs is 1. The summed E-state index contributed by atoms with van der Waals surface area (Å²) in [5.74, 6) is -26.2. The van der Waals surface area contributed by atoms with Crippen LogP contribution < -0.4 is 53.6 Å². The highest BCUT2D eigenvalue weighted by atomic mass is 32.2. The van der Waals surface area contributed by atoms with Gasteiger partial charge < -0.3 is 114 Å². The molecule has 18 N–H and O–H groups in total. The Morgan fingerprint density at radius 3 is 1.66 bits per heavy atom. The average molecular weight is 1900 g/mol. The van der Waals surface area contributed by atoms with Crippen molar-refractivity contribution in [3.63, 3.8) is 0 Å². The SMILES string of the molecule is CCCC[C@@H](C(=O)N1C[C@H](O)C[C@@H]1C(=O)N[C@@H](CC(=O)O)C(=O)N[C@H](C(=O)N(C)[C@@H](Cc1ccccc1)C(=O)N[C@@H](CCC(=O)O)C(=O)N1CC[C@@H](O)C1)C(C)C)N(C)C(=O)[C@H](Cc1ccccc1)N(C)C(=O)[C@H](Cc1cc(F)c(F)c(F)c1)NC(=O)CSC[C@H](NC(=O)[C@H](CCC(=O)O)NC(=O)[C@H](Cc1ccc(O)cc1)NC(=O)[C@H](Cc1c[nH]c2ccccc12)NC)C(=O)NCC(N)=O. The standard InChI is InChI=1S/C92H117F3N16O23S/c1-8-9-24-70(91(133)111-47-58(114)42-72(111)87(129)104-67(43-78(121)122)85(127)106-80(50(2)3)92(134)108(6)71(39-51-18-12-10-13-19-51)86(128)102-64(30-32-77(119)120)89(131)110-34-33-57(113)46-110)107(5)90(132)73(40-52-20-14-11-15-21-52)109(7)88(130)68(38-54-35-60(93)79(95)61(94)36-54)100-75(116)49-135-48-69(81(123)99-45-74(96)115)105-82(124)63(29-31-76(117)118)101-84(126)66(37-53-25-27-56(112)28-26-53)103-83(125)65(97-4)41-55-44-98-62-23-17-16-22-59(55)62/h10-23,25-28,35-36,44,50,57-58,63-73,80,97-98,112-114H,8-9,24,29-34,37-43,45-49H2,1-7H3,(H2,96,115)(H,99,123)(H,100,116)(H,101,126)(H,102,128)(H,103,125)(H,104,129)(H,105,124)(H,106,127)(H,117,118)(H,119,120)(H,121,122)/t57-,58-,63+,64+,65+,66+,67+,68+,69+,70+,71+,72-,73+,80+/m1/s1. The van der Waals surface area contributed by atoms with Gasteiger partial charge >= 0.3 is 17.9 Å². The average Bonchev–Trinajstić information content (AvgIpc) is 1.68. The van der Waals surface area contributed by atoms with Crippen LogP contribution in [0.15, 0.2) is 128 Å². The first kappa shape index (κ1) is 107. The number of thioether (sulfide) groups is 1. The van der Waals surface area contributed by atoms with Gasteiger partial charge in [-0.3, -0.25) is 81.5 Å². The van der Waals surface area contributed by atoms with Gasteiger partial charge in [-0.2, -0.15) is 0 Å². The van der Waals surface area contributed by atoms with Crippen molar-refractivity contribution < 1.29 is 125 Å². The number of likely N-dealkylation sites (N-methyl/N-ethyl adjacent to an activating group) is 4. The topological polar surface area (TPSA) is 578 Å². The van der Waals surface area contributed by atoms with Crippen molar-refractivity contribution in [3.8, 4) is 5.75 Å². The van der Waals surface area contributed by atoms with Crippen molar-refractivity contribution in [2.75, 3.05) is 65.9 Å². The van der Waals surface area contributed by atoms with Crippen molar-refractivity contribution in [1.29, 1.82) is 0 Å². The fourth-order valence-corrected chi connectivity index (χ4v) is 16.7. The Bertz CT molecular complexity index is 5200. The van der Waals surface area contributed by atoms with Crippen molar-refractivity contribution in [1.82, 2.24) is 77.3 Å². The van der Waals surface area contributed by atoms with Crippen molar-refractivity contribution in [3.05, 3.63) is 173 Å². The minimum Gasteiger partial charge on any atom is -0.508 e. The number of amides is 14. The summed E-state index contributed by atoms with van der Waals surface area (Å²) in [5, 5.41) is 85.0. The molecule has 730 valence electrons. The fraction of sp³-hybridized carbons (Fsp3) is 0.467. The van der Waals surface area contributed by atoms with Crippen LogP contribution >= 0.6 is 11.8 Å². The number of carbonyl (C=O) groups excluding carboxylic acids is 14. The van der Waals surface area contributed by atoms with Gasteiger partial charge in [0, 0.05) is 109 Å². The number of likely N-dealkylation sites (tertiary alicyclic amines) is 2. The number of aromatic hydroxyl groups is 1. The van der Waals surface area contributed by atoms with Gasteiger partial charge in [0.05, 0.1) is 37.0 Å². The number of nitrogens with one attached hydrogen (secondary N) is 10. The van der Waals surface area contributed by atoms with E-state index in [0.717, 1.165) is 43.1 Å². The lowest BCUT2D eigenvalue weighted by atomic mass is 9.98. The molecule has 0 bridgehead atoms. The minimum atomic E-state index is -2.03. The molecule has 6 aromatic rings. The van der Waals surface area contributed by atoms with Gasteiger partial charge in [-0.15, -0.1) is 11.8 Å². The molecule has 8 rings (SSSR count). The third kappa shape index (κ3) is 31.3. The zero-order valence-electron chi connectivity index (χ0n) is 75.6. The van der Waals surface area contributed by atoms with Gasteiger partial charge in [-0.25, -0.2) is 13.2 Å². The molecule has 5 aromatic carbocycles. The Kier molecular flexibility index (Phi) is 40.4. The summed E-state index contributed by atoms with van der Waals surface area (Å²) < 4.78 is 45.0. The van der Waals surface area contributed by atoms with Crippen LogP contribution in [0, 0.1) is 23.4 Å². The van der Waals surface area contributed by atoms with Gasteiger partial charge in [-0.05, 0) is 103 Å². The van der Waals surface area contributed by atoms with E-state index in [0.29, 0.717) is 47.0 Å². The molecule has 0 saturated carbocycles. The smallest absolute Gasteiger partial charge is 0.305 e. The lowest BCUT2D eigenvalue weighted by molar-refractivity contribution is -0.152. The number of nitrogens with zero attached hydrogens (tertiary/aromatic N) is 5. The predicted molar refractivity (Wildman–Crippen MR) is 483 cm³/mol. The molecule has 1 aromatic heterocycles. The van der Waals surface area contributed by atoms with E-state index in [1.54, 1.807) is 73.8 Å². The number of H-pyrrole nitrogens is 1. The first-order chi connectivity index (χ1) is 64.1. The molecule has 2 aliphatic rings. The molecular weight excluding hydrogens is 1790 g/mol. The summed E-state index contributed by atoms with van der Waals surface area (Å²) >= 11 is 0.595. The molecule has 0 spiro atoms. The van der Waals surface area contributed by atoms with E-state index in [2.05, 4.69) is 52.8 Å². The highest BCUT2D eigenvalue weighted by Crippen LogP contribution is 2.28. The Morgan fingerprint density at radius 2 is 1.07 bits per heavy atom. The molecule has 0 unspecified atom stereocenters. The lowest BCUT2D eigenvalue weighted by Gasteiger charge is -2.38. The molecule has 14 amide bonds. The quantitative estimate of drug-likeness (QED) is 0.0227. The van der Waals surface area contributed by atoms with E-state index < -0.39 is 277 Å². The van der Waals surface area contributed by atoms with Crippen LogP contribution in [0.4, 0.5) is 13.2 Å². The second kappa shape index (κ2) is 51.1. The van der Waals surface area contributed by atoms with Gasteiger partial charge in [0.1, 0.15) is 72.2 Å². The number of aliphatic hydroxyl groups is 2. The van der Waals surface area contributed by atoms with E-state index in [-0.39, 0.29) is 70.2 Å². The van der Waals surface area contributed by atoms with Gasteiger partial charge in [0.15, 0.2) is 17.5 Å². The van der Waals surface area contributed by atoms with E-state index in [1.165, 1.54) is 64.2 Å². The summed E-state index contributed by atoms with van der Waals surface area (Å²) in [7, 11) is 5.09. The number of benzene rings is 5. The van der Waals surface area contributed by atoms with Crippen LogP contribution in [0.25, 0.3) is 10.9 Å². The monoisotopic (exact) mass is 1900 g/mol. The number of carboxylic acid groups (broad SMARTS) is 3.